The van der Waals surface area contributed by atoms with E-state index in [0.717, 1.165) is 25.2 Å². The minimum absolute atomic E-state index is 0.0954. The highest BCUT2D eigenvalue weighted by Gasteiger charge is 2.61. The lowest BCUT2D eigenvalue weighted by Gasteiger charge is -2.67. The molecule has 3 heteroatoms. The van der Waals surface area contributed by atoms with E-state index in [0.29, 0.717) is 22.3 Å². The fourth-order valence-electron chi connectivity index (χ4n) is 8.83. The summed E-state index contributed by atoms with van der Waals surface area (Å²) >= 11 is 0. The Morgan fingerprint density at radius 2 is 1.75 bits per heavy atom. The topological polar surface area (TPSA) is 29.5 Å². The standard InChI is InChI=1S/C25H39NO2/c1-22(2,3)28-21(27)26-19-7-6-8-20(26)10-18(9-19)25-13-17-11-23(4,15-25)14-24(5,12-17)16-25/h9,17,19-20H,6-8,10-16H2,1-5H3. The molecule has 0 N–H and O–H groups in total. The van der Waals surface area contributed by atoms with Crippen LogP contribution in [0.5, 0.6) is 0 Å². The average Bonchev–Trinajstić information content (AvgIpc) is 2.48. The molecule has 0 radical (unpaired) electrons. The number of carbonyl (C=O) groups excluding carboxylic acids is 1. The minimum Gasteiger partial charge on any atom is -0.444 e. The molecule has 0 aromatic rings. The number of amides is 1. The molecule has 4 saturated carbocycles. The van der Waals surface area contributed by atoms with Crippen molar-refractivity contribution in [3.8, 4) is 0 Å². The van der Waals surface area contributed by atoms with Crippen molar-refractivity contribution in [2.45, 2.75) is 117 Å². The molecule has 28 heavy (non-hydrogen) atoms. The second-order valence-electron chi connectivity index (χ2n) is 12.8. The number of hydrogen-bond donors (Lipinski definition) is 0. The van der Waals surface area contributed by atoms with Crippen LogP contribution in [0.3, 0.4) is 0 Å². The molecular formula is C25H39NO2. The predicted molar refractivity (Wildman–Crippen MR) is 112 cm³/mol. The van der Waals surface area contributed by atoms with Crippen molar-refractivity contribution in [1.82, 2.24) is 4.90 Å². The van der Waals surface area contributed by atoms with Crippen molar-refractivity contribution >= 4 is 6.09 Å². The first-order valence-electron chi connectivity index (χ1n) is 11.7. The fraction of sp³-hybridized carbons (Fsp3) is 0.880. The van der Waals surface area contributed by atoms with Gasteiger partial charge in [0.25, 0.3) is 0 Å². The van der Waals surface area contributed by atoms with Crippen LogP contribution >= 0.6 is 0 Å². The average molecular weight is 386 g/mol. The molecule has 6 rings (SSSR count). The molecule has 3 nitrogen and oxygen atoms in total. The first-order valence-corrected chi connectivity index (χ1v) is 11.7. The molecule has 4 unspecified atom stereocenters. The summed E-state index contributed by atoms with van der Waals surface area (Å²) in [4.78, 5) is 15.1. The molecule has 0 aromatic heterocycles. The van der Waals surface area contributed by atoms with Crippen LogP contribution in [0, 0.1) is 22.2 Å². The van der Waals surface area contributed by atoms with Gasteiger partial charge in [0.2, 0.25) is 0 Å². The predicted octanol–water partition coefficient (Wildman–Crippen LogP) is 6.47. The summed E-state index contributed by atoms with van der Waals surface area (Å²) < 4.78 is 5.79. The molecule has 5 fully saturated rings. The van der Waals surface area contributed by atoms with Gasteiger partial charge in [-0.2, -0.15) is 0 Å². The van der Waals surface area contributed by atoms with E-state index >= 15 is 0 Å². The molecule has 2 aliphatic heterocycles. The van der Waals surface area contributed by atoms with Gasteiger partial charge >= 0.3 is 6.09 Å². The highest BCUT2D eigenvalue weighted by molar-refractivity contribution is 5.70. The Morgan fingerprint density at radius 3 is 2.32 bits per heavy atom. The molecule has 6 bridgehead atoms. The number of hydrogen-bond acceptors (Lipinski definition) is 2. The summed E-state index contributed by atoms with van der Waals surface area (Å²) in [6.07, 6.45) is 15.6. The van der Waals surface area contributed by atoms with Gasteiger partial charge in [0, 0.05) is 6.04 Å². The van der Waals surface area contributed by atoms with Gasteiger partial charge in [-0.25, -0.2) is 4.79 Å². The summed E-state index contributed by atoms with van der Waals surface area (Å²) in [5.41, 5.74) is 2.83. The summed E-state index contributed by atoms with van der Waals surface area (Å²) in [6.45, 7) is 11.1. The van der Waals surface area contributed by atoms with Crippen molar-refractivity contribution in [1.29, 1.82) is 0 Å². The summed E-state index contributed by atoms with van der Waals surface area (Å²) in [5, 5.41) is 0. The summed E-state index contributed by atoms with van der Waals surface area (Å²) in [7, 11) is 0. The lowest BCUT2D eigenvalue weighted by atomic mass is 9.38. The maximum atomic E-state index is 13.0. The van der Waals surface area contributed by atoms with Crippen molar-refractivity contribution in [2.75, 3.05) is 0 Å². The first-order chi connectivity index (χ1) is 13.0. The zero-order valence-corrected chi connectivity index (χ0v) is 18.6. The number of carbonyl (C=O) groups is 1. The Hall–Kier alpha value is -0.990. The van der Waals surface area contributed by atoms with E-state index in [1.807, 2.05) is 20.8 Å². The summed E-state index contributed by atoms with van der Waals surface area (Å²) in [5.74, 6) is 0.927. The third-order valence-corrected chi connectivity index (χ3v) is 8.55. The zero-order valence-electron chi connectivity index (χ0n) is 18.6. The van der Waals surface area contributed by atoms with Crippen LogP contribution < -0.4 is 0 Å². The zero-order chi connectivity index (χ0) is 19.9. The summed E-state index contributed by atoms with van der Waals surface area (Å²) in [6, 6.07) is 0.605. The van der Waals surface area contributed by atoms with Gasteiger partial charge in [0.15, 0.2) is 0 Å². The second kappa shape index (κ2) is 5.79. The largest absolute Gasteiger partial charge is 0.444 e. The molecule has 1 amide bonds. The van der Waals surface area contributed by atoms with Crippen LogP contribution in [-0.4, -0.2) is 28.7 Å². The van der Waals surface area contributed by atoms with E-state index < -0.39 is 5.60 Å². The normalized spacial score (nSPS) is 47.1. The van der Waals surface area contributed by atoms with E-state index in [1.165, 1.54) is 44.9 Å². The first kappa shape index (κ1) is 19.0. The Balaban J connectivity index is 1.46. The lowest BCUT2D eigenvalue weighted by Crippen LogP contribution is -2.58. The molecule has 4 aliphatic carbocycles. The van der Waals surface area contributed by atoms with Gasteiger partial charge in [-0.15, -0.1) is 0 Å². The van der Waals surface area contributed by atoms with E-state index in [2.05, 4.69) is 24.8 Å². The van der Waals surface area contributed by atoms with Gasteiger partial charge in [0.05, 0.1) is 6.04 Å². The lowest BCUT2D eigenvalue weighted by molar-refractivity contribution is -0.132. The van der Waals surface area contributed by atoms with Crippen LogP contribution in [0.4, 0.5) is 4.79 Å². The van der Waals surface area contributed by atoms with Crippen molar-refractivity contribution in [3.05, 3.63) is 11.6 Å². The second-order valence-corrected chi connectivity index (χ2v) is 12.8. The quantitative estimate of drug-likeness (QED) is 0.484. The maximum Gasteiger partial charge on any atom is 0.411 e. The highest BCUT2D eigenvalue weighted by atomic mass is 16.6. The number of nitrogens with zero attached hydrogens (tertiary/aromatic N) is 1. The van der Waals surface area contributed by atoms with Crippen LogP contribution in [0.25, 0.3) is 0 Å². The maximum absolute atomic E-state index is 13.0. The van der Waals surface area contributed by atoms with E-state index in [-0.39, 0.29) is 12.1 Å². The number of piperidine rings is 1. The van der Waals surface area contributed by atoms with Crippen molar-refractivity contribution in [3.63, 3.8) is 0 Å². The number of fused-ring (bicyclic) bond motifs is 2. The van der Waals surface area contributed by atoms with Crippen molar-refractivity contribution in [2.24, 2.45) is 22.2 Å². The Kier molecular flexibility index (Phi) is 3.93. The molecule has 0 spiro atoms. The third-order valence-electron chi connectivity index (χ3n) is 8.55. The Bertz CT molecular complexity index is 699. The van der Waals surface area contributed by atoms with Gasteiger partial charge < -0.3 is 4.74 Å². The van der Waals surface area contributed by atoms with Crippen LogP contribution in [0.2, 0.25) is 0 Å². The van der Waals surface area contributed by atoms with Crippen LogP contribution in [0.1, 0.15) is 98.8 Å². The minimum atomic E-state index is -0.418. The monoisotopic (exact) mass is 385 g/mol. The van der Waals surface area contributed by atoms with Crippen LogP contribution in [0.15, 0.2) is 11.6 Å². The van der Waals surface area contributed by atoms with E-state index in [4.69, 9.17) is 4.74 Å². The molecule has 4 atom stereocenters. The fourth-order valence-corrected chi connectivity index (χ4v) is 8.83. The Morgan fingerprint density at radius 1 is 1.07 bits per heavy atom. The Labute approximate surface area is 171 Å². The van der Waals surface area contributed by atoms with E-state index in [1.54, 1.807) is 5.57 Å². The molecule has 0 aromatic carbocycles. The molecular weight excluding hydrogens is 346 g/mol. The highest BCUT2D eigenvalue weighted by Crippen LogP contribution is 2.72. The van der Waals surface area contributed by atoms with Gasteiger partial charge in [-0.1, -0.05) is 25.5 Å². The molecule has 156 valence electrons. The number of rotatable bonds is 1. The van der Waals surface area contributed by atoms with Crippen molar-refractivity contribution < 1.29 is 9.53 Å². The van der Waals surface area contributed by atoms with Gasteiger partial charge in [-0.3, -0.25) is 4.90 Å². The molecule has 6 aliphatic rings. The van der Waals surface area contributed by atoms with Crippen LogP contribution in [-0.2, 0) is 4.74 Å². The van der Waals surface area contributed by atoms with E-state index in [9.17, 15) is 4.79 Å². The molecule has 1 saturated heterocycles. The third kappa shape index (κ3) is 3.03. The molecule has 2 heterocycles. The smallest absolute Gasteiger partial charge is 0.411 e. The van der Waals surface area contributed by atoms with Gasteiger partial charge in [-0.05, 0) is 107 Å². The number of ether oxygens (including phenoxy) is 1. The SMILES string of the molecule is CC12CC3CC(C)(C1)CC(C1=CC4CCCC(C1)N4C(=O)OC(C)(C)C)(C3)C2. The van der Waals surface area contributed by atoms with Gasteiger partial charge in [0.1, 0.15) is 5.60 Å².